The van der Waals surface area contributed by atoms with Crippen molar-refractivity contribution >= 4 is 11.8 Å². The molecule has 114 valence electrons. The lowest BCUT2D eigenvalue weighted by Gasteiger charge is -2.11. The average Bonchev–Trinajstić information content (AvgIpc) is 3.08. The molecule has 0 aliphatic carbocycles. The van der Waals surface area contributed by atoms with Gasteiger partial charge in [0.05, 0.1) is 6.26 Å². The minimum Gasteiger partial charge on any atom is -0.463 e. The first-order chi connectivity index (χ1) is 11.2. The number of nitrogen functional groups attached to an aromatic ring is 1. The molecule has 6 heteroatoms. The van der Waals surface area contributed by atoms with Gasteiger partial charge in [-0.25, -0.2) is 4.98 Å². The van der Waals surface area contributed by atoms with Crippen LogP contribution in [0.4, 0.5) is 11.8 Å². The number of nitrogens with zero attached hydrogens (tertiary/aromatic N) is 3. The highest BCUT2D eigenvalue weighted by molar-refractivity contribution is 5.71. The molecule has 3 aromatic rings. The maximum Gasteiger partial charge on any atom is 0.222 e. The Hall–Kier alpha value is -3.33. The van der Waals surface area contributed by atoms with Crippen LogP contribution >= 0.6 is 0 Å². The number of benzene rings is 1. The predicted octanol–water partition coefficient (Wildman–Crippen LogP) is 3.11. The Balaban J connectivity index is 1.96. The van der Waals surface area contributed by atoms with E-state index in [0.717, 1.165) is 11.1 Å². The van der Waals surface area contributed by atoms with Gasteiger partial charge in [-0.1, -0.05) is 24.3 Å². The summed E-state index contributed by atoms with van der Waals surface area (Å²) in [6.45, 7) is 2.57. The van der Waals surface area contributed by atoms with Crippen LogP contribution in [0.25, 0.3) is 11.5 Å². The number of nitriles is 1. The first-order valence-corrected chi connectivity index (χ1v) is 7.09. The van der Waals surface area contributed by atoms with Crippen molar-refractivity contribution in [2.24, 2.45) is 0 Å². The number of nitrogens with two attached hydrogens (primary N) is 1. The molecule has 23 heavy (non-hydrogen) atoms. The molecule has 0 saturated heterocycles. The van der Waals surface area contributed by atoms with E-state index in [2.05, 4.69) is 21.4 Å². The lowest BCUT2D eigenvalue weighted by molar-refractivity contribution is 0.580. The van der Waals surface area contributed by atoms with Crippen LogP contribution in [0.3, 0.4) is 0 Å². The van der Waals surface area contributed by atoms with Crippen molar-refractivity contribution in [2.45, 2.75) is 13.5 Å². The lowest BCUT2D eigenvalue weighted by Crippen LogP contribution is -2.09. The summed E-state index contributed by atoms with van der Waals surface area (Å²) in [5.41, 5.74) is 8.75. The van der Waals surface area contributed by atoms with Crippen LogP contribution in [0.15, 0.2) is 47.1 Å². The summed E-state index contributed by atoms with van der Waals surface area (Å²) < 4.78 is 5.33. The van der Waals surface area contributed by atoms with Gasteiger partial charge in [-0.2, -0.15) is 10.2 Å². The van der Waals surface area contributed by atoms with Crippen molar-refractivity contribution in [1.82, 2.24) is 9.97 Å². The van der Waals surface area contributed by atoms with E-state index in [1.807, 2.05) is 31.2 Å². The molecule has 0 amide bonds. The minimum absolute atomic E-state index is 0.0858. The van der Waals surface area contributed by atoms with Gasteiger partial charge in [-0.3, -0.25) is 0 Å². The van der Waals surface area contributed by atoms with Crippen molar-refractivity contribution in [3.8, 4) is 17.5 Å². The summed E-state index contributed by atoms with van der Waals surface area (Å²) in [5, 5.41) is 12.7. The fraction of sp³-hybridized carbons (Fsp3) is 0.118. The van der Waals surface area contributed by atoms with Gasteiger partial charge < -0.3 is 15.5 Å². The Morgan fingerprint density at radius 2 is 2.04 bits per heavy atom. The zero-order valence-electron chi connectivity index (χ0n) is 12.6. The molecular formula is C17H15N5O. The fourth-order valence-corrected chi connectivity index (χ4v) is 2.29. The largest absolute Gasteiger partial charge is 0.463 e. The molecule has 3 rings (SSSR count). The van der Waals surface area contributed by atoms with E-state index in [4.69, 9.17) is 10.2 Å². The van der Waals surface area contributed by atoms with Crippen molar-refractivity contribution in [1.29, 1.82) is 5.26 Å². The molecule has 3 N–H and O–H groups in total. The molecular weight excluding hydrogens is 290 g/mol. The van der Waals surface area contributed by atoms with Crippen LogP contribution in [-0.4, -0.2) is 9.97 Å². The summed E-state index contributed by atoms with van der Waals surface area (Å²) in [4.78, 5) is 8.28. The van der Waals surface area contributed by atoms with E-state index in [-0.39, 0.29) is 5.95 Å². The lowest BCUT2D eigenvalue weighted by atomic mass is 10.1. The molecule has 1 aromatic carbocycles. The van der Waals surface area contributed by atoms with Gasteiger partial charge in [-0.15, -0.1) is 0 Å². The van der Waals surface area contributed by atoms with Crippen molar-refractivity contribution in [2.75, 3.05) is 11.1 Å². The van der Waals surface area contributed by atoms with E-state index < -0.39 is 0 Å². The molecule has 2 aromatic heterocycles. The van der Waals surface area contributed by atoms with Crippen LogP contribution in [0.5, 0.6) is 0 Å². The normalized spacial score (nSPS) is 10.3. The number of nitrogens with one attached hydrogen (secondary N) is 1. The SMILES string of the molecule is Cc1ccccc1CNc1nc(N)nc(-c2ccco2)c1C#N. The molecule has 2 heterocycles. The van der Waals surface area contributed by atoms with Crippen LogP contribution in [0.2, 0.25) is 0 Å². The van der Waals surface area contributed by atoms with Gasteiger partial charge in [0.15, 0.2) is 11.6 Å². The van der Waals surface area contributed by atoms with Gasteiger partial charge in [0.25, 0.3) is 0 Å². The Labute approximate surface area is 133 Å². The number of rotatable bonds is 4. The number of anilines is 2. The van der Waals surface area contributed by atoms with Crippen molar-refractivity contribution in [3.05, 3.63) is 59.4 Å². The van der Waals surface area contributed by atoms with Crippen LogP contribution < -0.4 is 11.1 Å². The number of aryl methyl sites for hydroxylation is 1. The Kier molecular flexibility index (Phi) is 3.93. The van der Waals surface area contributed by atoms with Gasteiger partial charge >= 0.3 is 0 Å². The van der Waals surface area contributed by atoms with Crippen molar-refractivity contribution in [3.63, 3.8) is 0 Å². The monoisotopic (exact) mass is 305 g/mol. The summed E-state index contributed by atoms with van der Waals surface area (Å²) in [5.74, 6) is 0.965. The van der Waals surface area contributed by atoms with Gasteiger partial charge in [0.2, 0.25) is 5.95 Å². The molecule has 0 fully saturated rings. The van der Waals surface area contributed by atoms with E-state index in [1.165, 1.54) is 6.26 Å². The maximum absolute atomic E-state index is 9.49. The maximum atomic E-state index is 9.49. The van der Waals surface area contributed by atoms with Crippen molar-refractivity contribution < 1.29 is 4.42 Å². The standard InChI is InChI=1S/C17H15N5O/c1-11-5-2-3-6-12(11)10-20-16-13(9-18)15(21-17(19)22-16)14-7-4-8-23-14/h2-8H,10H2,1H3,(H3,19,20,21,22). The molecule has 0 atom stereocenters. The summed E-state index contributed by atoms with van der Waals surface area (Å²) in [6.07, 6.45) is 1.52. The van der Waals surface area contributed by atoms with Crippen LogP contribution in [0.1, 0.15) is 16.7 Å². The number of hydrogen-bond acceptors (Lipinski definition) is 6. The molecule has 0 spiro atoms. The smallest absolute Gasteiger partial charge is 0.222 e. The molecule has 0 bridgehead atoms. The van der Waals surface area contributed by atoms with E-state index in [1.54, 1.807) is 12.1 Å². The summed E-state index contributed by atoms with van der Waals surface area (Å²) in [7, 11) is 0. The third kappa shape index (κ3) is 2.99. The zero-order chi connectivity index (χ0) is 16.2. The predicted molar refractivity (Wildman–Crippen MR) is 87.4 cm³/mol. The fourth-order valence-electron chi connectivity index (χ4n) is 2.29. The first-order valence-electron chi connectivity index (χ1n) is 7.09. The molecule has 0 aliphatic rings. The molecule has 0 aliphatic heterocycles. The second-order valence-corrected chi connectivity index (χ2v) is 5.02. The zero-order valence-corrected chi connectivity index (χ0v) is 12.6. The van der Waals surface area contributed by atoms with Gasteiger partial charge in [0.1, 0.15) is 17.3 Å². The highest BCUT2D eigenvalue weighted by atomic mass is 16.3. The van der Waals surface area contributed by atoms with Gasteiger partial charge in [0, 0.05) is 6.54 Å². The third-order valence-electron chi connectivity index (χ3n) is 3.50. The van der Waals surface area contributed by atoms with E-state index >= 15 is 0 Å². The third-order valence-corrected chi connectivity index (χ3v) is 3.50. The first kappa shape index (κ1) is 14.6. The Morgan fingerprint density at radius 3 is 2.74 bits per heavy atom. The van der Waals surface area contributed by atoms with E-state index in [9.17, 15) is 5.26 Å². The average molecular weight is 305 g/mol. The molecule has 6 nitrogen and oxygen atoms in total. The number of hydrogen-bond donors (Lipinski definition) is 2. The summed E-state index contributed by atoms with van der Waals surface area (Å²) >= 11 is 0. The topological polar surface area (TPSA) is 101 Å². The Morgan fingerprint density at radius 1 is 1.22 bits per heavy atom. The molecule has 0 saturated carbocycles. The Bertz CT molecular complexity index is 865. The molecule has 0 unspecified atom stereocenters. The summed E-state index contributed by atoms with van der Waals surface area (Å²) in [6, 6.07) is 13.6. The second kappa shape index (κ2) is 6.20. The highest BCUT2D eigenvalue weighted by Gasteiger charge is 2.17. The highest BCUT2D eigenvalue weighted by Crippen LogP contribution is 2.27. The second-order valence-electron chi connectivity index (χ2n) is 5.02. The van der Waals surface area contributed by atoms with E-state index in [0.29, 0.717) is 29.4 Å². The van der Waals surface area contributed by atoms with Crippen LogP contribution in [-0.2, 0) is 6.54 Å². The van der Waals surface area contributed by atoms with Gasteiger partial charge in [-0.05, 0) is 30.2 Å². The minimum atomic E-state index is 0.0858. The molecule has 0 radical (unpaired) electrons. The number of aromatic nitrogens is 2. The quantitative estimate of drug-likeness (QED) is 0.768. The van der Waals surface area contributed by atoms with Crippen LogP contribution in [0, 0.1) is 18.3 Å². The number of furan rings is 1.